The van der Waals surface area contributed by atoms with E-state index in [-0.39, 0.29) is 17.1 Å². The topological polar surface area (TPSA) is 110 Å². The average Bonchev–Trinajstić information content (AvgIpc) is 2.14. The number of hydrogen-bond acceptors (Lipinski definition) is 5. The number of aromatic amines is 1. The molecule has 7 heteroatoms. The van der Waals surface area contributed by atoms with E-state index in [1.54, 1.807) is 20.8 Å². The van der Waals surface area contributed by atoms with Gasteiger partial charge in [0.05, 0.1) is 4.92 Å². The van der Waals surface area contributed by atoms with Crippen LogP contribution >= 0.6 is 0 Å². The van der Waals surface area contributed by atoms with Gasteiger partial charge in [0, 0.05) is 6.07 Å². The van der Waals surface area contributed by atoms with Crippen molar-refractivity contribution in [2.24, 2.45) is 0 Å². The molecule has 1 aromatic rings. The highest BCUT2D eigenvalue weighted by molar-refractivity contribution is 5.94. The van der Waals surface area contributed by atoms with Crippen molar-refractivity contribution in [1.82, 2.24) is 0 Å². The van der Waals surface area contributed by atoms with E-state index in [9.17, 15) is 14.9 Å². The van der Waals surface area contributed by atoms with Gasteiger partial charge in [-0.2, -0.15) is 0 Å². The number of carbonyl (C=O) groups is 1. The third-order valence-corrected chi connectivity index (χ3v) is 1.79. The molecule has 0 atom stereocenters. The van der Waals surface area contributed by atoms with E-state index in [0.29, 0.717) is 0 Å². The van der Waals surface area contributed by atoms with Gasteiger partial charge in [-0.05, 0) is 20.8 Å². The lowest BCUT2D eigenvalue weighted by atomic mass is 10.2. The summed E-state index contributed by atoms with van der Waals surface area (Å²) in [5.74, 6) is -0.667. The Morgan fingerprint density at radius 2 is 2.12 bits per heavy atom. The van der Waals surface area contributed by atoms with Crippen molar-refractivity contribution in [3.63, 3.8) is 0 Å². The van der Waals surface area contributed by atoms with Crippen molar-refractivity contribution >= 4 is 17.5 Å². The Morgan fingerprint density at radius 3 is 2.59 bits per heavy atom. The average molecular weight is 240 g/mol. The normalized spacial score (nSPS) is 11.0. The van der Waals surface area contributed by atoms with Crippen molar-refractivity contribution < 1.29 is 19.4 Å². The fourth-order valence-corrected chi connectivity index (χ4v) is 1.10. The van der Waals surface area contributed by atoms with Gasteiger partial charge in [-0.25, -0.2) is 9.78 Å². The molecule has 0 saturated carbocycles. The zero-order valence-corrected chi connectivity index (χ0v) is 9.81. The second kappa shape index (κ2) is 4.36. The molecular formula is C10H14N3O4+. The van der Waals surface area contributed by atoms with Crippen LogP contribution in [0.1, 0.15) is 31.1 Å². The van der Waals surface area contributed by atoms with Gasteiger partial charge in [-0.1, -0.05) is 0 Å². The second-order valence-corrected chi connectivity index (χ2v) is 4.44. The lowest BCUT2D eigenvalue weighted by molar-refractivity contribution is -0.413. The van der Waals surface area contributed by atoms with E-state index < -0.39 is 16.5 Å². The van der Waals surface area contributed by atoms with Crippen molar-refractivity contribution in [3.05, 3.63) is 27.9 Å². The molecule has 0 amide bonds. The number of nitrogen functional groups attached to an aromatic ring is 1. The number of aromatic nitrogens is 1. The standard InChI is InChI=1S/C10H13N3O4/c1-10(2,3)17-9(14)7-4-6(13(15)16)5-12-8(7)11/h4-5H,1-3H3,(H2,11,12)/p+1. The van der Waals surface area contributed by atoms with Gasteiger partial charge in [0.2, 0.25) is 0 Å². The smallest absolute Gasteiger partial charge is 0.347 e. The van der Waals surface area contributed by atoms with Crippen LogP contribution in [-0.4, -0.2) is 16.5 Å². The van der Waals surface area contributed by atoms with Crippen LogP contribution < -0.4 is 10.7 Å². The number of nitrogens with two attached hydrogens (primary N) is 1. The van der Waals surface area contributed by atoms with E-state index in [4.69, 9.17) is 10.5 Å². The third kappa shape index (κ3) is 3.40. The van der Waals surface area contributed by atoms with Crippen LogP contribution in [-0.2, 0) is 4.74 Å². The second-order valence-electron chi connectivity index (χ2n) is 4.44. The number of ether oxygens (including phenoxy) is 1. The molecule has 0 aliphatic rings. The van der Waals surface area contributed by atoms with Crippen molar-refractivity contribution in [2.45, 2.75) is 26.4 Å². The summed E-state index contributed by atoms with van der Waals surface area (Å²) < 4.78 is 5.08. The largest absolute Gasteiger partial charge is 0.456 e. The van der Waals surface area contributed by atoms with Gasteiger partial charge in [0.1, 0.15) is 5.60 Å². The maximum atomic E-state index is 11.7. The first-order chi connectivity index (χ1) is 7.70. The molecule has 0 spiro atoms. The summed E-state index contributed by atoms with van der Waals surface area (Å²) in [5.41, 5.74) is 4.55. The number of esters is 1. The van der Waals surface area contributed by atoms with Crippen LogP contribution in [0.5, 0.6) is 0 Å². The van der Waals surface area contributed by atoms with E-state index in [2.05, 4.69) is 4.98 Å². The monoisotopic (exact) mass is 240 g/mol. The van der Waals surface area contributed by atoms with Gasteiger partial charge in [0.25, 0.3) is 5.82 Å². The van der Waals surface area contributed by atoms with Crippen LogP contribution in [0.2, 0.25) is 0 Å². The lowest BCUT2D eigenvalue weighted by Gasteiger charge is -2.18. The number of carbonyl (C=O) groups excluding carboxylic acids is 1. The van der Waals surface area contributed by atoms with Crippen molar-refractivity contribution in [1.29, 1.82) is 0 Å². The Balaban J connectivity index is 3.08. The minimum absolute atomic E-state index is 0.0323. The van der Waals surface area contributed by atoms with Crippen LogP contribution in [0.3, 0.4) is 0 Å². The first-order valence-electron chi connectivity index (χ1n) is 4.89. The molecule has 0 aliphatic carbocycles. The number of nitro groups is 1. The molecule has 1 aromatic heterocycles. The SMILES string of the molecule is CC(C)(C)OC(=O)c1cc([N+](=O)[O-])c[nH+]c1N. The molecule has 0 radical (unpaired) electrons. The number of nitrogens with zero attached hydrogens (tertiary/aromatic N) is 1. The number of H-pyrrole nitrogens is 1. The molecule has 0 saturated heterocycles. The Hall–Kier alpha value is -2.18. The molecule has 0 bridgehead atoms. The van der Waals surface area contributed by atoms with Crippen LogP contribution in [0.15, 0.2) is 12.3 Å². The van der Waals surface area contributed by atoms with E-state index >= 15 is 0 Å². The van der Waals surface area contributed by atoms with Crippen LogP contribution in [0.25, 0.3) is 0 Å². The number of pyridine rings is 1. The third-order valence-electron chi connectivity index (χ3n) is 1.79. The molecule has 92 valence electrons. The quantitative estimate of drug-likeness (QED) is 0.470. The molecule has 7 nitrogen and oxygen atoms in total. The van der Waals surface area contributed by atoms with Gasteiger partial charge < -0.3 is 4.74 Å². The molecule has 3 N–H and O–H groups in total. The number of nitrogens with one attached hydrogen (secondary N) is 1. The highest BCUT2D eigenvalue weighted by Crippen LogP contribution is 2.18. The maximum absolute atomic E-state index is 11.7. The molecule has 17 heavy (non-hydrogen) atoms. The van der Waals surface area contributed by atoms with Crippen molar-refractivity contribution in [3.8, 4) is 0 Å². The first-order valence-corrected chi connectivity index (χ1v) is 4.89. The van der Waals surface area contributed by atoms with Gasteiger partial charge in [-0.15, -0.1) is 0 Å². The van der Waals surface area contributed by atoms with Crippen molar-refractivity contribution in [2.75, 3.05) is 5.73 Å². The highest BCUT2D eigenvalue weighted by Gasteiger charge is 2.25. The summed E-state index contributed by atoms with van der Waals surface area (Å²) in [4.78, 5) is 24.1. The Morgan fingerprint density at radius 1 is 1.53 bits per heavy atom. The molecule has 0 aliphatic heterocycles. The van der Waals surface area contributed by atoms with E-state index in [1.807, 2.05) is 0 Å². The zero-order chi connectivity index (χ0) is 13.2. The van der Waals surface area contributed by atoms with Crippen LogP contribution in [0, 0.1) is 10.1 Å². The number of rotatable bonds is 2. The van der Waals surface area contributed by atoms with Gasteiger partial charge in [0.15, 0.2) is 11.8 Å². The van der Waals surface area contributed by atoms with Crippen LogP contribution in [0.4, 0.5) is 11.5 Å². The fraction of sp³-hybridized carbons (Fsp3) is 0.400. The summed E-state index contributed by atoms with van der Waals surface area (Å²) in [6.07, 6.45) is 1.11. The Labute approximate surface area is 97.7 Å². The lowest BCUT2D eigenvalue weighted by Crippen LogP contribution is -2.26. The van der Waals surface area contributed by atoms with E-state index in [0.717, 1.165) is 12.3 Å². The molecule has 0 unspecified atom stereocenters. The summed E-state index contributed by atoms with van der Waals surface area (Å²) in [5, 5.41) is 10.6. The summed E-state index contributed by atoms with van der Waals surface area (Å²) in [6, 6.07) is 1.08. The summed E-state index contributed by atoms with van der Waals surface area (Å²) in [7, 11) is 0. The fourth-order valence-electron chi connectivity index (χ4n) is 1.10. The Bertz CT molecular complexity index is 465. The summed E-state index contributed by atoms with van der Waals surface area (Å²) >= 11 is 0. The minimum Gasteiger partial charge on any atom is -0.456 e. The molecule has 0 fully saturated rings. The van der Waals surface area contributed by atoms with Gasteiger partial charge >= 0.3 is 11.7 Å². The predicted octanol–water partition coefficient (Wildman–Crippen LogP) is 0.946. The summed E-state index contributed by atoms with van der Waals surface area (Å²) in [6.45, 7) is 5.09. The first kappa shape index (κ1) is 12.9. The number of hydrogen-bond donors (Lipinski definition) is 1. The minimum atomic E-state index is -0.699. The van der Waals surface area contributed by atoms with Gasteiger partial charge in [-0.3, -0.25) is 15.8 Å². The molecule has 1 heterocycles. The zero-order valence-electron chi connectivity index (χ0n) is 9.81. The predicted molar refractivity (Wildman–Crippen MR) is 59.2 cm³/mol. The van der Waals surface area contributed by atoms with E-state index in [1.165, 1.54) is 0 Å². The molecular weight excluding hydrogens is 226 g/mol. The molecule has 1 rings (SSSR count). The Kier molecular flexibility index (Phi) is 3.31. The maximum Gasteiger partial charge on any atom is 0.347 e. The number of anilines is 1. The molecule has 0 aromatic carbocycles. The highest BCUT2D eigenvalue weighted by atomic mass is 16.6.